The maximum Gasteiger partial charge on any atom is 0.241 e. The van der Waals surface area contributed by atoms with Crippen LogP contribution in [0.5, 0.6) is 5.75 Å². The predicted molar refractivity (Wildman–Crippen MR) is 103 cm³/mol. The maximum absolute atomic E-state index is 12.5. The first kappa shape index (κ1) is 19.5. The fraction of sp³-hybridized carbons (Fsp3) is 0.300. The number of methoxy groups -OCH3 is 1. The molecule has 0 saturated carbocycles. The van der Waals surface area contributed by atoms with E-state index < -0.39 is 0 Å². The highest BCUT2D eigenvalue weighted by atomic mass is 16.5. The van der Waals surface area contributed by atoms with Crippen molar-refractivity contribution in [2.24, 2.45) is 0 Å². The lowest BCUT2D eigenvalue weighted by Gasteiger charge is -2.24. The zero-order valence-electron chi connectivity index (χ0n) is 15.6. The maximum atomic E-state index is 12.5. The molecule has 6 nitrogen and oxygen atoms in total. The molecule has 0 unspecified atom stereocenters. The van der Waals surface area contributed by atoms with E-state index in [-0.39, 0.29) is 17.9 Å². The molecule has 0 heterocycles. The second-order valence-electron chi connectivity index (χ2n) is 6.15. The summed E-state index contributed by atoms with van der Waals surface area (Å²) in [5.41, 5.74) is 2.40. The van der Waals surface area contributed by atoms with E-state index >= 15 is 0 Å². The van der Waals surface area contributed by atoms with Gasteiger partial charge in [0.1, 0.15) is 5.75 Å². The number of ether oxygens (including phenoxy) is 1. The van der Waals surface area contributed by atoms with Crippen LogP contribution in [0.1, 0.15) is 19.4 Å². The van der Waals surface area contributed by atoms with Crippen LogP contribution >= 0.6 is 0 Å². The quantitative estimate of drug-likeness (QED) is 0.801. The van der Waals surface area contributed by atoms with Crippen molar-refractivity contribution >= 4 is 23.2 Å². The molecule has 0 aliphatic carbocycles. The first-order chi connectivity index (χ1) is 12.4. The Kier molecular flexibility index (Phi) is 6.74. The highest BCUT2D eigenvalue weighted by Gasteiger charge is 2.19. The predicted octanol–water partition coefficient (Wildman–Crippen LogP) is 3.11. The molecule has 0 aromatic heterocycles. The van der Waals surface area contributed by atoms with Gasteiger partial charge in [0.05, 0.1) is 13.2 Å². The Bertz CT molecular complexity index is 759. The average molecular weight is 355 g/mol. The molecule has 0 aliphatic heterocycles. The zero-order valence-corrected chi connectivity index (χ0v) is 15.6. The van der Waals surface area contributed by atoms with Crippen LogP contribution < -0.4 is 15.4 Å². The van der Waals surface area contributed by atoms with Crippen LogP contribution in [0.3, 0.4) is 0 Å². The average Bonchev–Trinajstić information content (AvgIpc) is 2.62. The molecule has 0 spiro atoms. The summed E-state index contributed by atoms with van der Waals surface area (Å²) in [6, 6.07) is 14.5. The summed E-state index contributed by atoms with van der Waals surface area (Å²) in [6.07, 6.45) is 0. The number of para-hydroxylation sites is 1. The molecule has 0 fully saturated rings. The molecule has 0 saturated heterocycles. The fourth-order valence-electron chi connectivity index (χ4n) is 2.53. The summed E-state index contributed by atoms with van der Waals surface area (Å²) >= 11 is 0. The molecule has 6 heteroatoms. The van der Waals surface area contributed by atoms with E-state index in [1.165, 1.54) is 6.92 Å². The van der Waals surface area contributed by atoms with Gasteiger partial charge in [-0.05, 0) is 44.3 Å². The van der Waals surface area contributed by atoms with E-state index in [4.69, 9.17) is 4.74 Å². The van der Waals surface area contributed by atoms with E-state index in [1.54, 1.807) is 31.4 Å². The third-order valence-electron chi connectivity index (χ3n) is 4.13. The van der Waals surface area contributed by atoms with Gasteiger partial charge in [-0.2, -0.15) is 0 Å². The number of benzene rings is 2. The van der Waals surface area contributed by atoms with Crippen LogP contribution in [0, 0.1) is 0 Å². The first-order valence-corrected chi connectivity index (χ1v) is 8.41. The van der Waals surface area contributed by atoms with Crippen molar-refractivity contribution in [3.63, 3.8) is 0 Å². The molecule has 2 aromatic rings. The van der Waals surface area contributed by atoms with Crippen molar-refractivity contribution in [3.05, 3.63) is 54.1 Å². The number of carbonyl (C=O) groups is 2. The minimum Gasteiger partial charge on any atom is -0.496 e. The second-order valence-corrected chi connectivity index (χ2v) is 6.15. The Hall–Kier alpha value is -2.86. The molecular formula is C20H25N3O3. The monoisotopic (exact) mass is 355 g/mol. The normalized spacial score (nSPS) is 11.7. The van der Waals surface area contributed by atoms with Crippen LogP contribution in [-0.4, -0.2) is 36.9 Å². The SMILES string of the molecule is COc1ccccc1CN(C)[C@@H](C)C(=O)Nc1ccc(NC(C)=O)cc1. The number of rotatable bonds is 7. The molecule has 0 radical (unpaired) electrons. The second kappa shape index (κ2) is 9.01. The van der Waals surface area contributed by atoms with E-state index in [0.29, 0.717) is 17.9 Å². The Balaban J connectivity index is 1.96. The molecule has 1 atom stereocenters. The van der Waals surface area contributed by atoms with Gasteiger partial charge in [-0.25, -0.2) is 0 Å². The van der Waals surface area contributed by atoms with Crippen molar-refractivity contribution < 1.29 is 14.3 Å². The Morgan fingerprint density at radius 3 is 2.19 bits per heavy atom. The van der Waals surface area contributed by atoms with Gasteiger partial charge < -0.3 is 15.4 Å². The van der Waals surface area contributed by atoms with E-state index in [1.807, 2.05) is 43.1 Å². The minimum atomic E-state index is -0.324. The summed E-state index contributed by atoms with van der Waals surface area (Å²) in [5, 5.41) is 5.59. The topological polar surface area (TPSA) is 70.7 Å². The highest BCUT2D eigenvalue weighted by Crippen LogP contribution is 2.20. The van der Waals surface area contributed by atoms with Crippen molar-refractivity contribution in [2.45, 2.75) is 26.4 Å². The molecule has 2 amide bonds. The van der Waals surface area contributed by atoms with Gasteiger partial charge >= 0.3 is 0 Å². The lowest BCUT2D eigenvalue weighted by molar-refractivity contribution is -0.120. The minimum absolute atomic E-state index is 0.102. The van der Waals surface area contributed by atoms with Gasteiger partial charge in [0.25, 0.3) is 0 Å². The molecule has 0 aliphatic rings. The summed E-state index contributed by atoms with van der Waals surface area (Å²) in [4.78, 5) is 25.5. The highest BCUT2D eigenvalue weighted by molar-refractivity contribution is 5.95. The van der Waals surface area contributed by atoms with Gasteiger partial charge in [0.2, 0.25) is 11.8 Å². The van der Waals surface area contributed by atoms with E-state index in [9.17, 15) is 9.59 Å². The van der Waals surface area contributed by atoms with Crippen molar-refractivity contribution in [1.82, 2.24) is 4.90 Å². The van der Waals surface area contributed by atoms with Crippen LogP contribution in [0.15, 0.2) is 48.5 Å². The number of hydrogen-bond donors (Lipinski definition) is 2. The summed E-state index contributed by atoms with van der Waals surface area (Å²) in [7, 11) is 3.54. The largest absolute Gasteiger partial charge is 0.496 e. The standard InChI is InChI=1S/C20H25N3O3/c1-14(23(3)13-16-7-5-6-8-19(16)26-4)20(25)22-18-11-9-17(10-12-18)21-15(2)24/h5-12,14H,13H2,1-4H3,(H,21,24)(H,22,25)/t14-/m0/s1. The van der Waals surface area contributed by atoms with E-state index in [0.717, 1.165) is 11.3 Å². The smallest absolute Gasteiger partial charge is 0.241 e. The van der Waals surface area contributed by atoms with Crippen LogP contribution in [0.4, 0.5) is 11.4 Å². The van der Waals surface area contributed by atoms with Crippen LogP contribution in [0.25, 0.3) is 0 Å². The number of anilines is 2. The fourth-order valence-corrected chi connectivity index (χ4v) is 2.53. The Morgan fingerprint density at radius 1 is 1.04 bits per heavy atom. The summed E-state index contributed by atoms with van der Waals surface area (Å²) < 4.78 is 5.36. The summed E-state index contributed by atoms with van der Waals surface area (Å²) in [6.45, 7) is 3.91. The summed E-state index contributed by atoms with van der Waals surface area (Å²) in [5.74, 6) is 0.573. The van der Waals surface area contributed by atoms with Crippen molar-refractivity contribution in [3.8, 4) is 5.75 Å². The number of nitrogens with zero attached hydrogens (tertiary/aromatic N) is 1. The lowest BCUT2D eigenvalue weighted by Crippen LogP contribution is -2.39. The Labute approximate surface area is 154 Å². The van der Waals surface area contributed by atoms with Gasteiger partial charge in [0, 0.05) is 30.4 Å². The van der Waals surface area contributed by atoms with Crippen molar-refractivity contribution in [1.29, 1.82) is 0 Å². The number of hydrogen-bond acceptors (Lipinski definition) is 4. The van der Waals surface area contributed by atoms with Crippen LogP contribution in [0.2, 0.25) is 0 Å². The molecule has 138 valence electrons. The molecule has 2 N–H and O–H groups in total. The van der Waals surface area contributed by atoms with Gasteiger partial charge in [-0.15, -0.1) is 0 Å². The molecule has 26 heavy (non-hydrogen) atoms. The molecular weight excluding hydrogens is 330 g/mol. The number of likely N-dealkylation sites (N-methyl/N-ethyl adjacent to an activating group) is 1. The zero-order chi connectivity index (χ0) is 19.1. The Morgan fingerprint density at radius 2 is 1.62 bits per heavy atom. The molecule has 0 bridgehead atoms. The van der Waals surface area contributed by atoms with Crippen molar-refractivity contribution in [2.75, 3.05) is 24.8 Å². The third-order valence-corrected chi connectivity index (χ3v) is 4.13. The number of carbonyl (C=O) groups excluding carboxylic acids is 2. The third kappa shape index (κ3) is 5.32. The van der Waals surface area contributed by atoms with Gasteiger partial charge in [-0.1, -0.05) is 18.2 Å². The van der Waals surface area contributed by atoms with Gasteiger partial charge in [-0.3, -0.25) is 14.5 Å². The number of nitrogens with one attached hydrogen (secondary N) is 2. The molecule has 2 rings (SSSR count). The van der Waals surface area contributed by atoms with Crippen LogP contribution in [-0.2, 0) is 16.1 Å². The van der Waals surface area contributed by atoms with E-state index in [2.05, 4.69) is 10.6 Å². The number of amides is 2. The lowest BCUT2D eigenvalue weighted by atomic mass is 10.1. The first-order valence-electron chi connectivity index (χ1n) is 8.41. The van der Waals surface area contributed by atoms with Gasteiger partial charge in [0.15, 0.2) is 0 Å². The molecule has 2 aromatic carbocycles.